The first kappa shape index (κ1) is 22.3. The number of aliphatic hydroxyl groups excluding tert-OH is 1. The molecule has 0 saturated carbocycles. The van der Waals surface area contributed by atoms with Crippen molar-refractivity contribution in [3.05, 3.63) is 88.1 Å². The van der Waals surface area contributed by atoms with E-state index in [4.69, 9.17) is 39.8 Å². The van der Waals surface area contributed by atoms with Crippen molar-refractivity contribution in [1.82, 2.24) is 5.32 Å². The number of hydrogen-bond acceptors (Lipinski definition) is 3. The molecule has 2 heterocycles. The molecule has 30 heavy (non-hydrogen) atoms. The molecule has 0 unspecified atom stereocenters. The topological polar surface area (TPSA) is 49.3 Å². The van der Waals surface area contributed by atoms with Crippen LogP contribution < -0.4 is 9.88 Å². The van der Waals surface area contributed by atoms with Crippen LogP contribution in [-0.4, -0.2) is 10.1 Å². The zero-order valence-electron chi connectivity index (χ0n) is 16.9. The molecule has 156 valence electrons. The van der Waals surface area contributed by atoms with Crippen LogP contribution in [0, 0.1) is 0 Å². The molecule has 2 N–H and O–H groups in total. The summed E-state index contributed by atoms with van der Waals surface area (Å²) >= 11 is 18.1. The van der Waals surface area contributed by atoms with Crippen LogP contribution >= 0.6 is 35.4 Å². The summed E-state index contributed by atoms with van der Waals surface area (Å²) in [7, 11) is 0. The number of nitrogens with one attached hydrogen (secondary N) is 1. The van der Waals surface area contributed by atoms with Crippen molar-refractivity contribution in [1.29, 1.82) is 0 Å². The van der Waals surface area contributed by atoms with Crippen molar-refractivity contribution in [3.8, 4) is 0 Å². The van der Waals surface area contributed by atoms with Crippen LogP contribution in [0.3, 0.4) is 0 Å². The molecule has 7 heteroatoms. The molecule has 0 aliphatic carbocycles. The summed E-state index contributed by atoms with van der Waals surface area (Å²) < 4.78 is 7.12. The average molecular weight is 462 g/mol. The summed E-state index contributed by atoms with van der Waals surface area (Å²) in [6.45, 7) is 6.80. The molecule has 0 aliphatic heterocycles. The molecule has 0 radical (unpaired) electrons. The van der Waals surface area contributed by atoms with Gasteiger partial charge in [0.15, 0.2) is 17.4 Å². The molecule has 0 spiro atoms. The maximum atomic E-state index is 11.2. The lowest BCUT2D eigenvalue weighted by Gasteiger charge is -2.18. The first-order valence-electron chi connectivity index (χ1n) is 9.38. The summed E-state index contributed by atoms with van der Waals surface area (Å²) in [6, 6.07) is 12.6. The van der Waals surface area contributed by atoms with Crippen molar-refractivity contribution in [2.75, 3.05) is 0 Å². The fourth-order valence-corrected chi connectivity index (χ4v) is 3.55. The highest BCUT2D eigenvalue weighted by molar-refractivity contribution is 7.81. The monoisotopic (exact) mass is 461 g/mol. The van der Waals surface area contributed by atoms with Gasteiger partial charge in [-0.1, -0.05) is 56.2 Å². The highest BCUT2D eigenvalue weighted by Crippen LogP contribution is 2.28. The fourth-order valence-electron chi connectivity index (χ4n) is 2.89. The molecule has 0 saturated heterocycles. The lowest BCUT2D eigenvalue weighted by Crippen LogP contribution is -2.41. The number of pyridine rings is 1. The Kier molecular flexibility index (Phi) is 6.86. The molecule has 1 aromatic carbocycles. The third kappa shape index (κ3) is 5.22. The van der Waals surface area contributed by atoms with Crippen LogP contribution in [0.4, 0.5) is 0 Å². The van der Waals surface area contributed by atoms with E-state index in [1.54, 1.807) is 35.1 Å². The summed E-state index contributed by atoms with van der Waals surface area (Å²) in [5.74, 6) is 0.651. The van der Waals surface area contributed by atoms with Gasteiger partial charge in [0.1, 0.15) is 5.76 Å². The molecule has 4 nitrogen and oxygen atoms in total. The molecule has 0 bridgehead atoms. The standard InChI is InChI=1S/C23H22Cl2N2O2S/c1-23(2,3)15-8-10-27(11-9-15)20(22(30)26-14-17-5-4-12-29-17)21(28)18-13-16(24)6-7-19(18)25/h4-13H,14H2,1-3H3,(H-,26,28,30)/p+1. The highest BCUT2D eigenvalue weighted by atomic mass is 35.5. The number of aliphatic hydroxyl groups is 1. The molecule has 2 aromatic heterocycles. The second-order valence-electron chi connectivity index (χ2n) is 7.83. The summed E-state index contributed by atoms with van der Waals surface area (Å²) in [4.78, 5) is 0.341. The summed E-state index contributed by atoms with van der Waals surface area (Å²) in [6.07, 6.45) is 5.33. The minimum absolute atomic E-state index is 0.000673. The van der Waals surface area contributed by atoms with Crippen molar-refractivity contribution >= 4 is 51.9 Å². The third-order valence-corrected chi connectivity index (χ3v) is 5.48. The van der Waals surface area contributed by atoms with E-state index in [1.807, 2.05) is 30.6 Å². The number of benzene rings is 1. The SMILES string of the molecule is CC(C)(C)c1cc[n+](/C(C(=S)NCc2ccco2)=C(/O)c2cc(Cl)ccc2Cl)cc1. The number of furan rings is 1. The number of aromatic nitrogens is 1. The Balaban J connectivity index is 2.06. The largest absolute Gasteiger partial charge is 0.502 e. The maximum absolute atomic E-state index is 11.2. The van der Waals surface area contributed by atoms with Crippen LogP contribution in [0.25, 0.3) is 11.5 Å². The number of rotatable bonds is 5. The van der Waals surface area contributed by atoms with E-state index >= 15 is 0 Å². The van der Waals surface area contributed by atoms with Gasteiger partial charge >= 0.3 is 0 Å². The van der Waals surface area contributed by atoms with E-state index in [-0.39, 0.29) is 11.2 Å². The first-order valence-corrected chi connectivity index (χ1v) is 10.5. The number of thiocarbonyl (C=S) groups is 1. The van der Waals surface area contributed by atoms with E-state index < -0.39 is 0 Å². The van der Waals surface area contributed by atoms with Gasteiger partial charge < -0.3 is 14.8 Å². The number of halogens is 2. The first-order chi connectivity index (χ1) is 14.2. The van der Waals surface area contributed by atoms with Crippen LogP contribution in [0.15, 0.2) is 65.5 Å². The van der Waals surface area contributed by atoms with E-state index in [9.17, 15) is 5.11 Å². The smallest absolute Gasteiger partial charge is 0.288 e. The Bertz CT molecular complexity index is 1070. The van der Waals surface area contributed by atoms with Crippen LogP contribution in [0.1, 0.15) is 37.7 Å². The van der Waals surface area contributed by atoms with Gasteiger partial charge in [0.05, 0.1) is 17.8 Å². The Morgan fingerprint density at radius 3 is 2.43 bits per heavy atom. The normalized spacial score (nSPS) is 12.4. The Morgan fingerprint density at radius 2 is 1.83 bits per heavy atom. The van der Waals surface area contributed by atoms with Gasteiger partial charge in [0.2, 0.25) is 5.76 Å². The number of hydrogen-bond donors (Lipinski definition) is 2. The zero-order chi connectivity index (χ0) is 21.9. The van der Waals surface area contributed by atoms with Crippen molar-refractivity contribution in [2.24, 2.45) is 0 Å². The second-order valence-corrected chi connectivity index (χ2v) is 9.08. The Hall–Kier alpha value is -2.34. The van der Waals surface area contributed by atoms with E-state index in [0.717, 1.165) is 11.3 Å². The highest BCUT2D eigenvalue weighted by Gasteiger charge is 2.26. The molecule has 3 aromatic rings. The Labute approximate surface area is 191 Å². The van der Waals surface area contributed by atoms with Gasteiger partial charge in [-0.2, -0.15) is 4.57 Å². The lowest BCUT2D eigenvalue weighted by atomic mass is 9.88. The predicted molar refractivity (Wildman–Crippen MR) is 126 cm³/mol. The van der Waals surface area contributed by atoms with Crippen molar-refractivity contribution in [2.45, 2.75) is 32.7 Å². The minimum Gasteiger partial charge on any atom is -0.502 e. The van der Waals surface area contributed by atoms with Crippen LogP contribution in [0.2, 0.25) is 10.0 Å². The van der Waals surface area contributed by atoms with Gasteiger partial charge in [0, 0.05) is 22.7 Å². The molecular weight excluding hydrogens is 439 g/mol. The van der Waals surface area contributed by atoms with E-state index in [0.29, 0.717) is 32.8 Å². The van der Waals surface area contributed by atoms with Crippen molar-refractivity contribution < 1.29 is 14.1 Å². The van der Waals surface area contributed by atoms with Gasteiger partial charge in [-0.3, -0.25) is 0 Å². The lowest BCUT2D eigenvalue weighted by molar-refractivity contribution is -0.576. The average Bonchev–Trinajstić information content (AvgIpc) is 3.22. The van der Waals surface area contributed by atoms with Gasteiger partial charge in [-0.15, -0.1) is 0 Å². The zero-order valence-corrected chi connectivity index (χ0v) is 19.3. The summed E-state index contributed by atoms with van der Waals surface area (Å²) in [5, 5.41) is 15.1. The van der Waals surface area contributed by atoms with Crippen LogP contribution in [-0.2, 0) is 12.0 Å². The molecule has 3 rings (SSSR count). The predicted octanol–water partition coefficient (Wildman–Crippen LogP) is 6.17. The minimum atomic E-state index is -0.0760. The van der Waals surface area contributed by atoms with E-state index in [2.05, 4.69) is 26.1 Å². The maximum Gasteiger partial charge on any atom is 0.288 e. The fraction of sp³-hybridized carbons (Fsp3) is 0.217. The third-order valence-electron chi connectivity index (χ3n) is 4.58. The number of nitrogens with zero attached hydrogens (tertiary/aromatic N) is 1. The molecular formula is C23H23Cl2N2O2S+. The van der Waals surface area contributed by atoms with Crippen LogP contribution in [0.5, 0.6) is 0 Å². The van der Waals surface area contributed by atoms with Gasteiger partial charge in [-0.05, 0) is 41.3 Å². The molecule has 0 fully saturated rings. The molecule has 0 aliphatic rings. The second kappa shape index (κ2) is 9.21. The van der Waals surface area contributed by atoms with Gasteiger partial charge in [-0.25, -0.2) is 0 Å². The summed E-state index contributed by atoms with van der Waals surface area (Å²) in [5.41, 5.74) is 1.95. The van der Waals surface area contributed by atoms with E-state index in [1.165, 1.54) is 0 Å². The van der Waals surface area contributed by atoms with Gasteiger partial charge in [0.25, 0.3) is 5.70 Å². The molecule has 0 amide bonds. The Morgan fingerprint density at radius 1 is 1.13 bits per heavy atom. The van der Waals surface area contributed by atoms with Crippen molar-refractivity contribution in [3.63, 3.8) is 0 Å². The molecule has 0 atom stereocenters. The quantitative estimate of drug-likeness (QED) is 0.206.